The fourth-order valence-electron chi connectivity index (χ4n) is 11.1. The Labute approximate surface area is 506 Å². The third-order valence-corrected chi connectivity index (χ3v) is 16.6. The van der Waals surface area contributed by atoms with Crippen LogP contribution in [-0.4, -0.2) is 37.2 Å². The summed E-state index contributed by atoms with van der Waals surface area (Å²) >= 11 is 0. The Hall–Kier alpha value is -2.37. The van der Waals surface area contributed by atoms with Gasteiger partial charge in [-0.25, -0.2) is 0 Å². The van der Waals surface area contributed by atoms with Crippen molar-refractivity contribution < 1.29 is 28.6 Å². The van der Waals surface area contributed by atoms with Gasteiger partial charge in [0.15, 0.2) is 6.10 Å². The van der Waals surface area contributed by atoms with E-state index in [4.69, 9.17) is 14.2 Å². The Kier molecular flexibility index (Phi) is 68.1. The van der Waals surface area contributed by atoms with Crippen LogP contribution in [0.1, 0.15) is 406 Å². The van der Waals surface area contributed by atoms with E-state index in [1.54, 1.807) is 0 Å². The van der Waals surface area contributed by atoms with E-state index in [2.05, 4.69) is 57.2 Å². The molecule has 0 aliphatic heterocycles. The number of unbranched alkanes of at least 4 members (excludes halogenated alkanes) is 51. The van der Waals surface area contributed by atoms with E-state index in [1.165, 1.54) is 289 Å². The highest BCUT2D eigenvalue weighted by Gasteiger charge is 2.19. The molecule has 476 valence electrons. The van der Waals surface area contributed by atoms with Crippen molar-refractivity contribution in [2.45, 2.75) is 412 Å². The fourth-order valence-corrected chi connectivity index (χ4v) is 11.1. The molecule has 6 nitrogen and oxygen atoms in total. The second kappa shape index (κ2) is 70.1. The van der Waals surface area contributed by atoms with E-state index < -0.39 is 6.10 Å². The third kappa shape index (κ3) is 68.3. The van der Waals surface area contributed by atoms with Gasteiger partial charge in [0.25, 0.3) is 0 Å². The lowest BCUT2D eigenvalue weighted by Crippen LogP contribution is -2.30. The van der Waals surface area contributed by atoms with E-state index in [0.717, 1.165) is 77.0 Å². The number of allylic oxidation sites excluding steroid dienone is 6. The molecular weight excluding hydrogens is 997 g/mol. The first-order valence-electron chi connectivity index (χ1n) is 36.5. The number of hydrogen-bond donors (Lipinski definition) is 0. The minimum absolute atomic E-state index is 0.0710. The Morgan fingerprint density at radius 2 is 0.444 bits per heavy atom. The van der Waals surface area contributed by atoms with E-state index in [-0.39, 0.29) is 31.1 Å². The number of esters is 3. The van der Waals surface area contributed by atoms with Gasteiger partial charge in [-0.3, -0.25) is 14.4 Å². The highest BCUT2D eigenvalue weighted by Crippen LogP contribution is 2.19. The van der Waals surface area contributed by atoms with Crippen LogP contribution in [0.15, 0.2) is 36.5 Å². The lowest BCUT2D eigenvalue weighted by atomic mass is 10.0. The molecule has 0 saturated carbocycles. The smallest absolute Gasteiger partial charge is 0.306 e. The third-order valence-electron chi connectivity index (χ3n) is 16.6. The Balaban J connectivity index is 4.21. The molecule has 0 amide bonds. The molecule has 0 aliphatic rings. The molecule has 0 fully saturated rings. The first kappa shape index (κ1) is 78.6. The number of rotatable bonds is 68. The Morgan fingerprint density at radius 1 is 0.247 bits per heavy atom. The zero-order valence-corrected chi connectivity index (χ0v) is 54.8. The van der Waals surface area contributed by atoms with Crippen LogP contribution >= 0.6 is 0 Å². The number of ether oxygens (including phenoxy) is 3. The molecule has 0 bridgehead atoms. The first-order chi connectivity index (χ1) is 40.0. The monoisotopic (exact) mass is 1140 g/mol. The van der Waals surface area contributed by atoms with Gasteiger partial charge in [-0.15, -0.1) is 0 Å². The van der Waals surface area contributed by atoms with Crippen LogP contribution in [0.2, 0.25) is 0 Å². The molecule has 0 aromatic rings. The normalized spacial score (nSPS) is 12.2. The summed E-state index contributed by atoms with van der Waals surface area (Å²) in [6.45, 7) is 6.68. The largest absolute Gasteiger partial charge is 0.462 e. The minimum Gasteiger partial charge on any atom is -0.462 e. The topological polar surface area (TPSA) is 78.9 Å². The molecule has 0 radical (unpaired) electrons. The van der Waals surface area contributed by atoms with Crippen molar-refractivity contribution in [3.8, 4) is 0 Å². The van der Waals surface area contributed by atoms with Crippen LogP contribution in [0.4, 0.5) is 0 Å². The van der Waals surface area contributed by atoms with Crippen LogP contribution in [0.5, 0.6) is 0 Å². The van der Waals surface area contributed by atoms with Crippen molar-refractivity contribution in [1.29, 1.82) is 0 Å². The van der Waals surface area contributed by atoms with E-state index in [0.29, 0.717) is 19.3 Å². The molecule has 0 aromatic heterocycles. The first-order valence-corrected chi connectivity index (χ1v) is 36.5. The molecule has 0 spiro atoms. The average Bonchev–Trinajstić information content (AvgIpc) is 3.47. The molecule has 0 rings (SSSR count). The zero-order chi connectivity index (χ0) is 58.5. The quantitative estimate of drug-likeness (QED) is 0.0261. The van der Waals surface area contributed by atoms with Gasteiger partial charge in [-0.2, -0.15) is 0 Å². The van der Waals surface area contributed by atoms with Crippen molar-refractivity contribution in [3.05, 3.63) is 36.5 Å². The molecule has 0 saturated heterocycles. The van der Waals surface area contributed by atoms with Crippen LogP contribution in [0.25, 0.3) is 0 Å². The molecule has 0 heterocycles. The standard InChI is InChI=1S/C75H140O6/c1-4-7-10-13-16-19-22-25-28-30-32-33-34-35-36-37-38-39-40-41-43-44-47-50-53-56-59-62-65-68-74(77)80-71-72(70-79-73(76)67-64-61-58-55-52-49-46-27-24-21-18-15-12-9-6-3)81-75(78)69-66-63-60-57-54-51-48-45-42-31-29-26-23-20-17-14-11-8-5-2/h18,21,27,30,32,46,72H,4-17,19-20,22-26,28-29,31,33-45,47-71H2,1-3H3/b21-18-,32-30-,46-27-. The molecule has 6 heteroatoms. The predicted molar refractivity (Wildman–Crippen MR) is 353 cm³/mol. The number of carbonyl (C=O) groups is 3. The van der Waals surface area contributed by atoms with Crippen LogP contribution in [0.3, 0.4) is 0 Å². The minimum atomic E-state index is -0.776. The second-order valence-electron chi connectivity index (χ2n) is 24.9. The highest BCUT2D eigenvalue weighted by molar-refractivity contribution is 5.71. The predicted octanol–water partition coefficient (Wildman–Crippen LogP) is 25.1. The SMILES string of the molecule is CCCCC/C=C\C/C=C\CCCCCCCC(=O)OCC(COC(=O)CCCCCCCCCCCCCCCCCCC/C=C\CCCCCCCCCC)OC(=O)CCCCCCCCCCCCCCCCCCCCC. The van der Waals surface area contributed by atoms with Crippen molar-refractivity contribution in [3.63, 3.8) is 0 Å². The van der Waals surface area contributed by atoms with Gasteiger partial charge in [-0.05, 0) is 77.0 Å². The summed E-state index contributed by atoms with van der Waals surface area (Å²) < 4.78 is 17.0. The zero-order valence-electron chi connectivity index (χ0n) is 54.8. The summed E-state index contributed by atoms with van der Waals surface area (Å²) in [5, 5.41) is 0. The van der Waals surface area contributed by atoms with Gasteiger partial charge >= 0.3 is 17.9 Å². The number of hydrogen-bond acceptors (Lipinski definition) is 6. The van der Waals surface area contributed by atoms with Crippen LogP contribution in [-0.2, 0) is 28.6 Å². The molecule has 0 N–H and O–H groups in total. The van der Waals surface area contributed by atoms with Crippen molar-refractivity contribution in [2.24, 2.45) is 0 Å². The van der Waals surface area contributed by atoms with Gasteiger partial charge in [0.05, 0.1) is 0 Å². The molecule has 81 heavy (non-hydrogen) atoms. The van der Waals surface area contributed by atoms with Crippen LogP contribution < -0.4 is 0 Å². The van der Waals surface area contributed by atoms with Gasteiger partial charge in [0.2, 0.25) is 0 Å². The van der Waals surface area contributed by atoms with Crippen LogP contribution in [0, 0.1) is 0 Å². The number of carbonyl (C=O) groups excluding carboxylic acids is 3. The maximum Gasteiger partial charge on any atom is 0.306 e. The molecular formula is C75H140O6. The van der Waals surface area contributed by atoms with E-state index in [9.17, 15) is 14.4 Å². The van der Waals surface area contributed by atoms with Crippen molar-refractivity contribution in [2.75, 3.05) is 13.2 Å². The summed E-state index contributed by atoms with van der Waals surface area (Å²) in [7, 11) is 0. The lowest BCUT2D eigenvalue weighted by Gasteiger charge is -2.18. The van der Waals surface area contributed by atoms with E-state index in [1.807, 2.05) is 0 Å². The second-order valence-corrected chi connectivity index (χ2v) is 24.9. The van der Waals surface area contributed by atoms with E-state index >= 15 is 0 Å². The van der Waals surface area contributed by atoms with Crippen molar-refractivity contribution in [1.82, 2.24) is 0 Å². The van der Waals surface area contributed by atoms with Gasteiger partial charge in [0, 0.05) is 19.3 Å². The van der Waals surface area contributed by atoms with Gasteiger partial charge < -0.3 is 14.2 Å². The Morgan fingerprint density at radius 3 is 0.716 bits per heavy atom. The Bertz CT molecular complexity index is 1350. The summed E-state index contributed by atoms with van der Waals surface area (Å²) in [6.07, 6.45) is 87.6. The average molecular weight is 1140 g/mol. The highest BCUT2D eigenvalue weighted by atomic mass is 16.6. The molecule has 0 aromatic carbocycles. The summed E-state index contributed by atoms with van der Waals surface area (Å²) in [6, 6.07) is 0. The van der Waals surface area contributed by atoms with Gasteiger partial charge in [0.1, 0.15) is 13.2 Å². The van der Waals surface area contributed by atoms with Gasteiger partial charge in [-0.1, -0.05) is 346 Å². The summed E-state index contributed by atoms with van der Waals surface area (Å²) in [4.78, 5) is 38.5. The molecule has 1 unspecified atom stereocenters. The summed E-state index contributed by atoms with van der Waals surface area (Å²) in [5.74, 6) is -0.854. The fraction of sp³-hybridized carbons (Fsp3) is 0.880. The maximum atomic E-state index is 13.0. The molecule has 0 aliphatic carbocycles. The lowest BCUT2D eigenvalue weighted by molar-refractivity contribution is -0.167. The molecule has 1 atom stereocenters. The van der Waals surface area contributed by atoms with Crippen molar-refractivity contribution >= 4 is 17.9 Å². The maximum absolute atomic E-state index is 13.0. The summed E-state index contributed by atoms with van der Waals surface area (Å²) in [5.41, 5.74) is 0.